The van der Waals surface area contributed by atoms with E-state index in [2.05, 4.69) is 5.32 Å². The van der Waals surface area contributed by atoms with Crippen molar-refractivity contribution in [2.45, 2.75) is 37.5 Å². The van der Waals surface area contributed by atoms with Crippen molar-refractivity contribution in [2.75, 3.05) is 25.5 Å². The Hall–Kier alpha value is -2.91. The van der Waals surface area contributed by atoms with E-state index in [-0.39, 0.29) is 16.2 Å². The molecule has 1 aliphatic heterocycles. The Bertz CT molecular complexity index is 1090. The summed E-state index contributed by atoms with van der Waals surface area (Å²) in [6, 6.07) is 9.02. The monoisotopic (exact) mass is 445 g/mol. The molecule has 0 unspecified atom stereocenters. The van der Waals surface area contributed by atoms with Gasteiger partial charge in [-0.25, -0.2) is 8.42 Å². The maximum atomic E-state index is 13.1. The van der Waals surface area contributed by atoms with E-state index in [9.17, 15) is 18.0 Å². The van der Waals surface area contributed by atoms with E-state index < -0.39 is 21.8 Å². The van der Waals surface area contributed by atoms with Crippen molar-refractivity contribution in [3.05, 3.63) is 53.1 Å². The molecule has 0 saturated carbocycles. The van der Waals surface area contributed by atoms with Gasteiger partial charge in [0, 0.05) is 24.3 Å². The highest BCUT2D eigenvalue weighted by Gasteiger charge is 2.27. The fourth-order valence-corrected chi connectivity index (χ4v) is 5.22. The molecule has 2 aromatic carbocycles. The maximum Gasteiger partial charge on any atom is 0.259 e. The molecule has 31 heavy (non-hydrogen) atoms. The lowest BCUT2D eigenvalue weighted by atomic mass is 10.1. The van der Waals surface area contributed by atoms with Gasteiger partial charge in [0.15, 0.2) is 0 Å². The summed E-state index contributed by atoms with van der Waals surface area (Å²) in [5.41, 5.74) is 6.86. The Morgan fingerprint density at radius 2 is 1.68 bits per heavy atom. The Morgan fingerprint density at radius 3 is 2.26 bits per heavy atom. The van der Waals surface area contributed by atoms with Crippen LogP contribution >= 0.6 is 0 Å². The van der Waals surface area contributed by atoms with Crippen molar-refractivity contribution < 1.29 is 22.7 Å². The van der Waals surface area contributed by atoms with Crippen LogP contribution in [0.25, 0.3) is 0 Å². The third kappa shape index (κ3) is 5.05. The van der Waals surface area contributed by atoms with Gasteiger partial charge in [0.2, 0.25) is 15.9 Å². The molecule has 0 aliphatic carbocycles. The standard InChI is InChI=1S/C22H27N3O5S/c1-15-13-16(7-9-18(15)21(23)26)24-22(27)19-14-17(8-10-20(19)30-2)31(28,29)25-11-5-3-4-6-12-25/h7-10,13-14H,3-6,11-12H2,1-2H3,(H2,23,26)(H,24,27). The van der Waals surface area contributed by atoms with E-state index in [0.29, 0.717) is 29.9 Å². The van der Waals surface area contributed by atoms with Gasteiger partial charge in [-0.15, -0.1) is 0 Å². The van der Waals surface area contributed by atoms with Crippen molar-refractivity contribution in [3.8, 4) is 5.75 Å². The number of methoxy groups -OCH3 is 1. The van der Waals surface area contributed by atoms with E-state index in [1.54, 1.807) is 19.1 Å². The first-order valence-electron chi connectivity index (χ1n) is 10.1. The average Bonchev–Trinajstić information content (AvgIpc) is 3.03. The van der Waals surface area contributed by atoms with E-state index in [1.165, 1.54) is 35.7 Å². The van der Waals surface area contributed by atoms with Crippen LogP contribution in [0, 0.1) is 6.92 Å². The number of anilines is 1. The summed E-state index contributed by atoms with van der Waals surface area (Å²) in [5.74, 6) is -0.808. The van der Waals surface area contributed by atoms with Gasteiger partial charge in [0.1, 0.15) is 5.75 Å². The molecular weight excluding hydrogens is 418 g/mol. The van der Waals surface area contributed by atoms with E-state index in [0.717, 1.165) is 25.7 Å². The largest absolute Gasteiger partial charge is 0.496 e. The first kappa shape index (κ1) is 22.8. The van der Waals surface area contributed by atoms with Crippen LogP contribution in [0.4, 0.5) is 5.69 Å². The second-order valence-corrected chi connectivity index (χ2v) is 9.47. The molecule has 9 heteroatoms. The van der Waals surface area contributed by atoms with Gasteiger partial charge < -0.3 is 15.8 Å². The Labute approximate surface area is 182 Å². The number of amides is 2. The summed E-state index contributed by atoms with van der Waals surface area (Å²) in [6.07, 6.45) is 3.67. The highest BCUT2D eigenvalue weighted by atomic mass is 32.2. The topological polar surface area (TPSA) is 119 Å². The second kappa shape index (κ2) is 9.49. The van der Waals surface area contributed by atoms with E-state index >= 15 is 0 Å². The Kier molecular flexibility index (Phi) is 6.97. The molecule has 0 bridgehead atoms. The number of nitrogens with one attached hydrogen (secondary N) is 1. The fourth-order valence-electron chi connectivity index (χ4n) is 3.67. The molecule has 8 nitrogen and oxygen atoms in total. The lowest BCUT2D eigenvalue weighted by Gasteiger charge is -2.20. The number of primary amides is 1. The van der Waals surface area contributed by atoms with Crippen molar-refractivity contribution >= 4 is 27.5 Å². The van der Waals surface area contributed by atoms with Crippen LogP contribution in [0.15, 0.2) is 41.3 Å². The summed E-state index contributed by atoms with van der Waals surface area (Å²) in [5, 5.41) is 2.73. The normalized spacial score (nSPS) is 15.2. The first-order chi connectivity index (χ1) is 14.7. The highest BCUT2D eigenvalue weighted by Crippen LogP contribution is 2.27. The number of rotatable bonds is 6. The Balaban J connectivity index is 1.90. The summed E-state index contributed by atoms with van der Waals surface area (Å²) >= 11 is 0. The number of ether oxygens (including phenoxy) is 1. The third-order valence-corrected chi connectivity index (χ3v) is 7.26. The van der Waals surface area contributed by atoms with Gasteiger partial charge in [-0.2, -0.15) is 4.31 Å². The zero-order valence-corrected chi connectivity index (χ0v) is 18.5. The average molecular weight is 446 g/mol. The van der Waals surface area contributed by atoms with Crippen LogP contribution in [0.1, 0.15) is 52.0 Å². The lowest BCUT2D eigenvalue weighted by Crippen LogP contribution is -2.32. The minimum Gasteiger partial charge on any atom is -0.496 e. The Morgan fingerprint density at radius 1 is 1.00 bits per heavy atom. The molecule has 1 heterocycles. The quantitative estimate of drug-likeness (QED) is 0.709. The molecule has 2 amide bonds. The molecule has 1 saturated heterocycles. The smallest absolute Gasteiger partial charge is 0.259 e. The minimum atomic E-state index is -3.71. The predicted molar refractivity (Wildman–Crippen MR) is 118 cm³/mol. The van der Waals surface area contributed by atoms with Gasteiger partial charge in [0.05, 0.1) is 17.6 Å². The van der Waals surface area contributed by atoms with Gasteiger partial charge in [-0.1, -0.05) is 12.8 Å². The fraction of sp³-hybridized carbons (Fsp3) is 0.364. The molecule has 0 radical (unpaired) electrons. The van der Waals surface area contributed by atoms with Crippen LogP contribution in [0.2, 0.25) is 0 Å². The van der Waals surface area contributed by atoms with Crippen molar-refractivity contribution in [3.63, 3.8) is 0 Å². The number of benzene rings is 2. The number of nitrogens with zero attached hydrogens (tertiary/aromatic N) is 1. The minimum absolute atomic E-state index is 0.0561. The maximum absolute atomic E-state index is 13.1. The summed E-state index contributed by atoms with van der Waals surface area (Å²) < 4.78 is 33.0. The van der Waals surface area contributed by atoms with Crippen LogP contribution in [0.3, 0.4) is 0 Å². The van der Waals surface area contributed by atoms with Gasteiger partial charge in [-0.3, -0.25) is 9.59 Å². The molecule has 166 valence electrons. The lowest BCUT2D eigenvalue weighted by molar-refractivity contribution is 0.0997. The van der Waals surface area contributed by atoms with E-state index in [1.807, 2.05) is 0 Å². The zero-order chi connectivity index (χ0) is 22.6. The van der Waals surface area contributed by atoms with Crippen molar-refractivity contribution in [1.82, 2.24) is 4.31 Å². The van der Waals surface area contributed by atoms with Crippen LogP contribution in [0.5, 0.6) is 5.75 Å². The molecular formula is C22H27N3O5S. The number of hydrogen-bond donors (Lipinski definition) is 2. The molecule has 3 rings (SSSR count). The predicted octanol–water partition coefficient (Wildman–Crippen LogP) is 2.92. The summed E-state index contributed by atoms with van der Waals surface area (Å²) in [7, 11) is -2.30. The molecule has 2 aromatic rings. The van der Waals surface area contributed by atoms with Gasteiger partial charge in [0.25, 0.3) is 5.91 Å². The van der Waals surface area contributed by atoms with Crippen molar-refractivity contribution in [1.29, 1.82) is 0 Å². The molecule has 1 aliphatic rings. The van der Waals surface area contributed by atoms with Gasteiger partial charge in [-0.05, 0) is 61.7 Å². The summed E-state index contributed by atoms with van der Waals surface area (Å²) in [6.45, 7) is 2.66. The number of sulfonamides is 1. The summed E-state index contributed by atoms with van der Waals surface area (Å²) in [4.78, 5) is 24.4. The third-order valence-electron chi connectivity index (χ3n) is 5.37. The first-order valence-corrected chi connectivity index (χ1v) is 11.6. The van der Waals surface area contributed by atoms with Crippen LogP contribution in [-0.4, -0.2) is 44.7 Å². The van der Waals surface area contributed by atoms with Crippen molar-refractivity contribution in [2.24, 2.45) is 5.73 Å². The van der Waals surface area contributed by atoms with Crippen LogP contribution in [-0.2, 0) is 10.0 Å². The molecule has 0 spiro atoms. The number of hydrogen-bond acceptors (Lipinski definition) is 5. The zero-order valence-electron chi connectivity index (χ0n) is 17.7. The molecule has 0 atom stereocenters. The van der Waals surface area contributed by atoms with Crippen LogP contribution < -0.4 is 15.8 Å². The molecule has 0 aromatic heterocycles. The number of aryl methyl sites for hydroxylation is 1. The number of nitrogens with two attached hydrogens (primary N) is 1. The second-order valence-electron chi connectivity index (χ2n) is 7.53. The van der Waals surface area contributed by atoms with Gasteiger partial charge >= 0.3 is 0 Å². The van der Waals surface area contributed by atoms with E-state index in [4.69, 9.17) is 10.5 Å². The number of carbonyl (C=O) groups is 2. The molecule has 1 fully saturated rings. The SMILES string of the molecule is COc1ccc(S(=O)(=O)N2CCCCCC2)cc1C(=O)Nc1ccc(C(N)=O)c(C)c1. The molecule has 3 N–H and O–H groups in total. The highest BCUT2D eigenvalue weighted by molar-refractivity contribution is 7.89. The number of carbonyl (C=O) groups excluding carboxylic acids is 2.